The Kier molecular flexibility index (Phi) is 17.8. The standard InChI is InChI=1S/C6H8NSi.C5H5.2ClH.Ti/c7-5-3-1-2-4-6(5)8;1-2-4-5-3-1;;;/h1-5,7H,8H2;1-5H;2*1H;/q2*-1;;;+4/p-2. The first-order chi connectivity index (χ1) is 6.30. The zero-order chi connectivity index (χ0) is 9.52. The molecule has 84 valence electrons. The Morgan fingerprint density at radius 2 is 1.69 bits per heavy atom. The van der Waals surface area contributed by atoms with E-state index in [4.69, 9.17) is 5.73 Å². The summed E-state index contributed by atoms with van der Waals surface area (Å²) >= 11 is 0. The first-order valence-electron chi connectivity index (χ1n) is 4.22. The maximum absolute atomic E-state index is 7.31. The zero-order valence-corrected chi connectivity index (χ0v) is 13.2. The smallest absolute Gasteiger partial charge is 1.00 e. The van der Waals surface area contributed by atoms with Gasteiger partial charge in [-0.3, -0.25) is 0 Å². The van der Waals surface area contributed by atoms with E-state index in [2.05, 4.69) is 0 Å². The van der Waals surface area contributed by atoms with E-state index in [0.717, 1.165) is 5.17 Å². The second-order valence-corrected chi connectivity index (χ2v) is 3.58. The van der Waals surface area contributed by atoms with E-state index in [0.29, 0.717) is 0 Å². The van der Waals surface area contributed by atoms with Gasteiger partial charge in [0, 0.05) is 0 Å². The second kappa shape index (κ2) is 13.2. The molecule has 0 radical (unpaired) electrons. The predicted octanol–water partition coefficient (Wildman–Crippen LogP) is -4.25. The molecule has 0 saturated carbocycles. The molecule has 0 amide bonds. The van der Waals surface area contributed by atoms with Crippen LogP contribution in [-0.2, 0) is 21.7 Å². The minimum Gasteiger partial charge on any atom is -1.00 e. The minimum absolute atomic E-state index is 0. The molecule has 0 bridgehead atoms. The monoisotopic (exact) mass is 305 g/mol. The van der Waals surface area contributed by atoms with Gasteiger partial charge in [-0.25, -0.2) is 12.1 Å². The summed E-state index contributed by atoms with van der Waals surface area (Å²) in [6, 6.07) is 9.92. The van der Waals surface area contributed by atoms with Gasteiger partial charge in [0.2, 0.25) is 0 Å². The fourth-order valence-corrected chi connectivity index (χ4v) is 1.17. The van der Waals surface area contributed by atoms with Crippen LogP contribution in [0.15, 0.2) is 54.6 Å². The Morgan fingerprint density at radius 3 is 1.94 bits per heavy atom. The quantitative estimate of drug-likeness (QED) is 0.343. The van der Waals surface area contributed by atoms with Gasteiger partial charge in [-0.2, -0.15) is 18.2 Å². The van der Waals surface area contributed by atoms with E-state index >= 15 is 0 Å². The van der Waals surface area contributed by atoms with Gasteiger partial charge < -0.3 is 30.5 Å². The van der Waals surface area contributed by atoms with Gasteiger partial charge >= 0.3 is 21.7 Å². The molecule has 0 aromatic heterocycles. The largest absolute Gasteiger partial charge is 4.00 e. The van der Waals surface area contributed by atoms with Crippen molar-refractivity contribution in [3.8, 4) is 0 Å². The molecule has 1 aromatic carbocycles. The molecule has 1 aromatic rings. The van der Waals surface area contributed by atoms with E-state index in [1.165, 1.54) is 0 Å². The Morgan fingerprint density at radius 1 is 1.12 bits per heavy atom. The van der Waals surface area contributed by atoms with Crippen molar-refractivity contribution in [2.45, 2.75) is 6.04 Å². The first-order valence-corrected chi connectivity index (χ1v) is 4.93. The van der Waals surface area contributed by atoms with Gasteiger partial charge in [0.05, 0.1) is 0 Å². The maximum atomic E-state index is 7.31. The molecule has 0 aliphatic heterocycles. The number of hydrogen-bond acceptors (Lipinski definition) is 0. The number of hydrogen-bond donors (Lipinski definition) is 0. The molecule has 1 aliphatic rings. The number of nitrogens with one attached hydrogen (secondary N) is 1. The van der Waals surface area contributed by atoms with Crippen LogP contribution in [0.1, 0.15) is 0 Å². The van der Waals surface area contributed by atoms with Crippen LogP contribution in [0.4, 0.5) is 0 Å². The van der Waals surface area contributed by atoms with Crippen molar-refractivity contribution < 1.29 is 46.5 Å². The summed E-state index contributed by atoms with van der Waals surface area (Å²) in [5.41, 5.74) is 7.31. The van der Waals surface area contributed by atoms with Crippen LogP contribution in [0, 0.1) is 0 Å². The maximum Gasteiger partial charge on any atom is 4.00 e. The van der Waals surface area contributed by atoms with Gasteiger partial charge in [0.25, 0.3) is 0 Å². The van der Waals surface area contributed by atoms with E-state index in [1.54, 1.807) is 9.85 Å². The van der Waals surface area contributed by atoms with Crippen LogP contribution in [0.5, 0.6) is 0 Å². The summed E-state index contributed by atoms with van der Waals surface area (Å²) in [7, 11) is 1.78. The summed E-state index contributed by atoms with van der Waals surface area (Å²) in [5, 5.41) is 1.15. The summed E-state index contributed by atoms with van der Waals surface area (Å²) < 4.78 is 0. The molecule has 1 nitrogen and oxygen atoms in total. The van der Waals surface area contributed by atoms with Crippen molar-refractivity contribution in [3.05, 3.63) is 60.4 Å². The van der Waals surface area contributed by atoms with Gasteiger partial charge in [-0.05, 0) is 9.85 Å². The molecule has 1 atom stereocenters. The van der Waals surface area contributed by atoms with Crippen LogP contribution in [-0.4, -0.2) is 21.1 Å². The normalized spacial score (nSPS) is 15.8. The molecule has 0 spiro atoms. The molecule has 1 unspecified atom stereocenters. The molecule has 0 saturated heterocycles. The summed E-state index contributed by atoms with van der Waals surface area (Å²) in [5.74, 6) is 0. The van der Waals surface area contributed by atoms with Crippen LogP contribution in [0.2, 0.25) is 0 Å². The van der Waals surface area contributed by atoms with Crippen molar-refractivity contribution in [2.75, 3.05) is 0 Å². The van der Waals surface area contributed by atoms with Crippen LogP contribution in [0.25, 0.3) is 5.73 Å². The van der Waals surface area contributed by atoms with Crippen LogP contribution < -0.4 is 24.8 Å². The van der Waals surface area contributed by atoms with E-state index in [1.807, 2.05) is 54.6 Å². The molecule has 1 N–H and O–H groups in total. The Hall–Kier alpha value is 0.171. The summed E-state index contributed by atoms with van der Waals surface area (Å²) in [4.78, 5) is 0. The number of halogens is 2. The molecule has 5 heteroatoms. The average Bonchev–Trinajstić information content (AvgIpc) is 2.68. The molecule has 0 heterocycles. The Labute approximate surface area is 127 Å². The van der Waals surface area contributed by atoms with Crippen molar-refractivity contribution in [2.24, 2.45) is 0 Å². The van der Waals surface area contributed by atoms with Crippen molar-refractivity contribution in [3.63, 3.8) is 0 Å². The third kappa shape index (κ3) is 9.40. The Balaban J connectivity index is -0.000000189. The molecule has 0 fully saturated rings. The molecule has 2 rings (SSSR count). The molecule has 1 aliphatic carbocycles. The molecular formula is C11H13Cl2NSiTi. The van der Waals surface area contributed by atoms with Gasteiger partial charge in [-0.1, -0.05) is 35.5 Å². The third-order valence-electron chi connectivity index (χ3n) is 1.68. The van der Waals surface area contributed by atoms with Crippen molar-refractivity contribution >= 4 is 15.0 Å². The van der Waals surface area contributed by atoms with Crippen molar-refractivity contribution in [1.82, 2.24) is 0 Å². The topological polar surface area (TPSA) is 23.8 Å². The number of allylic oxidation sites excluding steroid dienone is 2. The van der Waals surface area contributed by atoms with E-state index in [-0.39, 0.29) is 52.6 Å². The van der Waals surface area contributed by atoms with Crippen LogP contribution >= 0.6 is 0 Å². The van der Waals surface area contributed by atoms with Gasteiger partial charge in [0.1, 0.15) is 0 Å². The van der Waals surface area contributed by atoms with E-state index in [9.17, 15) is 0 Å². The number of rotatable bonds is 0. The fraction of sp³-hybridized carbons (Fsp3) is 0.0909. The molecule has 16 heavy (non-hydrogen) atoms. The van der Waals surface area contributed by atoms with E-state index < -0.39 is 0 Å². The fourth-order valence-electron chi connectivity index (χ4n) is 0.902. The minimum atomic E-state index is -0.0849. The van der Waals surface area contributed by atoms with Gasteiger partial charge in [-0.15, -0.1) is 0 Å². The van der Waals surface area contributed by atoms with Crippen molar-refractivity contribution in [1.29, 1.82) is 0 Å². The third-order valence-corrected chi connectivity index (χ3v) is 2.36. The summed E-state index contributed by atoms with van der Waals surface area (Å²) in [6.07, 6.45) is 7.74. The van der Waals surface area contributed by atoms with Crippen LogP contribution in [0.3, 0.4) is 0 Å². The predicted molar refractivity (Wildman–Crippen MR) is 62.0 cm³/mol. The van der Waals surface area contributed by atoms with Gasteiger partial charge in [0.15, 0.2) is 0 Å². The first kappa shape index (κ1) is 21.5. The zero-order valence-electron chi connectivity index (χ0n) is 8.74. The average molecular weight is 306 g/mol. The Bertz CT molecular complexity index is 293. The molecular weight excluding hydrogens is 293 g/mol. The second-order valence-electron chi connectivity index (χ2n) is 2.76. The summed E-state index contributed by atoms with van der Waals surface area (Å²) in [6.45, 7) is 0. The SMILES string of the molecule is [Cl-].[Cl-].[NH-]C1C=CC=CC1=[SiH2].[Ti+4].c1cc[cH-]c1.